The summed E-state index contributed by atoms with van der Waals surface area (Å²) >= 11 is 5.93. The molecule has 8 heteroatoms. The van der Waals surface area contributed by atoms with Gasteiger partial charge in [0.2, 0.25) is 0 Å². The van der Waals surface area contributed by atoms with Gasteiger partial charge in [-0.1, -0.05) is 23.7 Å². The molecular formula is C21H23ClN4O3. The molecule has 0 aliphatic carbocycles. The highest BCUT2D eigenvalue weighted by atomic mass is 35.5. The molecule has 0 radical (unpaired) electrons. The second-order valence-corrected chi connectivity index (χ2v) is 7.70. The van der Waals surface area contributed by atoms with Crippen LogP contribution in [0.4, 0.5) is 10.5 Å². The maximum absolute atomic E-state index is 12.4. The quantitative estimate of drug-likeness (QED) is 0.718. The first-order valence-electron chi connectivity index (χ1n) is 9.66. The van der Waals surface area contributed by atoms with Crippen LogP contribution in [-0.2, 0) is 6.54 Å². The van der Waals surface area contributed by atoms with Crippen LogP contribution in [-0.4, -0.2) is 49.1 Å². The lowest BCUT2D eigenvalue weighted by Crippen LogP contribution is -2.39. The van der Waals surface area contributed by atoms with E-state index in [0.717, 1.165) is 31.1 Å². The van der Waals surface area contributed by atoms with Crippen molar-refractivity contribution < 1.29 is 14.3 Å². The Morgan fingerprint density at radius 3 is 2.90 bits per heavy atom. The van der Waals surface area contributed by atoms with Gasteiger partial charge in [0.1, 0.15) is 12.4 Å². The minimum Gasteiger partial charge on any atom is -0.491 e. The van der Waals surface area contributed by atoms with Gasteiger partial charge >= 0.3 is 6.03 Å². The van der Waals surface area contributed by atoms with Crippen LogP contribution in [0.1, 0.15) is 22.3 Å². The summed E-state index contributed by atoms with van der Waals surface area (Å²) in [6.07, 6.45) is 0.890. The van der Waals surface area contributed by atoms with Crippen molar-refractivity contribution in [3.8, 4) is 5.75 Å². The first-order valence-corrected chi connectivity index (χ1v) is 10.0. The lowest BCUT2D eigenvalue weighted by atomic mass is 10.1. The Hall–Kier alpha value is -2.77. The van der Waals surface area contributed by atoms with Crippen molar-refractivity contribution in [1.29, 1.82) is 0 Å². The molecule has 7 nitrogen and oxygen atoms in total. The number of hydrogen-bond acceptors (Lipinski definition) is 4. The average Bonchev–Trinajstić information content (AvgIpc) is 3.05. The number of rotatable bonds is 4. The Labute approximate surface area is 174 Å². The number of fused-ring (bicyclic) bond motifs is 1. The van der Waals surface area contributed by atoms with Gasteiger partial charge in [0, 0.05) is 36.4 Å². The van der Waals surface area contributed by atoms with E-state index >= 15 is 0 Å². The van der Waals surface area contributed by atoms with Crippen molar-refractivity contribution in [2.24, 2.45) is 0 Å². The fourth-order valence-electron chi connectivity index (χ4n) is 3.63. The Kier molecular flexibility index (Phi) is 5.87. The van der Waals surface area contributed by atoms with Crippen LogP contribution in [0.3, 0.4) is 0 Å². The van der Waals surface area contributed by atoms with Gasteiger partial charge in [0.15, 0.2) is 0 Å². The Morgan fingerprint density at radius 1 is 1.24 bits per heavy atom. The van der Waals surface area contributed by atoms with E-state index in [2.05, 4.69) is 20.9 Å². The number of hydrogen-bond donors (Lipinski definition) is 3. The van der Waals surface area contributed by atoms with Crippen molar-refractivity contribution in [2.45, 2.75) is 19.0 Å². The summed E-state index contributed by atoms with van der Waals surface area (Å²) in [5, 5.41) is 9.32. The molecule has 2 heterocycles. The van der Waals surface area contributed by atoms with Crippen LogP contribution in [0.15, 0.2) is 42.5 Å². The van der Waals surface area contributed by atoms with Gasteiger partial charge in [-0.25, -0.2) is 4.79 Å². The zero-order chi connectivity index (χ0) is 20.2. The minimum atomic E-state index is -0.279. The van der Waals surface area contributed by atoms with E-state index in [1.54, 1.807) is 18.2 Å². The number of urea groups is 1. The zero-order valence-corrected chi connectivity index (χ0v) is 16.7. The summed E-state index contributed by atoms with van der Waals surface area (Å²) in [6, 6.07) is 12.7. The monoisotopic (exact) mass is 414 g/mol. The van der Waals surface area contributed by atoms with Crippen molar-refractivity contribution in [3.63, 3.8) is 0 Å². The molecule has 152 valence electrons. The van der Waals surface area contributed by atoms with E-state index in [4.69, 9.17) is 16.3 Å². The average molecular weight is 415 g/mol. The molecule has 2 aromatic carbocycles. The number of ether oxygens (including phenoxy) is 1. The van der Waals surface area contributed by atoms with Gasteiger partial charge in [-0.05, 0) is 42.3 Å². The molecule has 1 saturated heterocycles. The number of halogens is 1. The molecule has 2 aliphatic heterocycles. The number of nitrogens with zero attached hydrogens (tertiary/aromatic N) is 1. The third-order valence-corrected chi connectivity index (χ3v) is 5.31. The van der Waals surface area contributed by atoms with Crippen LogP contribution < -0.4 is 20.7 Å². The van der Waals surface area contributed by atoms with Crippen LogP contribution in [0, 0.1) is 0 Å². The van der Waals surface area contributed by atoms with E-state index in [0.29, 0.717) is 30.2 Å². The molecule has 4 rings (SSSR count). The summed E-state index contributed by atoms with van der Waals surface area (Å²) in [7, 11) is 0. The zero-order valence-electron chi connectivity index (χ0n) is 15.9. The topological polar surface area (TPSA) is 82.7 Å². The van der Waals surface area contributed by atoms with Crippen LogP contribution >= 0.6 is 11.6 Å². The molecular weight excluding hydrogens is 392 g/mol. The summed E-state index contributed by atoms with van der Waals surface area (Å²) in [5.74, 6) is 0.329. The Morgan fingerprint density at radius 2 is 2.07 bits per heavy atom. The highest BCUT2D eigenvalue weighted by Gasteiger charge is 2.24. The first-order chi connectivity index (χ1) is 14.1. The molecule has 0 aromatic heterocycles. The second-order valence-electron chi connectivity index (χ2n) is 7.26. The standard InChI is InChI=1S/C21H23ClN4O3/c22-15-3-1-14(2-4-15)12-26-9-7-17(13-26)25-21(28)24-16-5-6-19-18(11-16)20(27)23-8-10-29-19/h1-6,11,17H,7-10,12-13H2,(H,23,27)(H2,24,25,28). The predicted molar refractivity (Wildman–Crippen MR) is 112 cm³/mol. The number of benzene rings is 2. The fourth-order valence-corrected chi connectivity index (χ4v) is 3.75. The smallest absolute Gasteiger partial charge is 0.319 e. The lowest BCUT2D eigenvalue weighted by molar-refractivity contribution is 0.0957. The SMILES string of the molecule is O=C(Nc1ccc2c(c1)C(=O)NCCO2)NC1CCN(Cc2ccc(Cl)cc2)C1. The highest BCUT2D eigenvalue weighted by Crippen LogP contribution is 2.24. The van der Waals surface area contributed by atoms with Gasteiger partial charge < -0.3 is 20.7 Å². The minimum absolute atomic E-state index is 0.0785. The van der Waals surface area contributed by atoms with Crippen LogP contribution in [0.25, 0.3) is 0 Å². The molecule has 0 saturated carbocycles. The number of nitrogens with one attached hydrogen (secondary N) is 3. The van der Waals surface area contributed by atoms with Crippen molar-refractivity contribution >= 4 is 29.2 Å². The Bertz CT molecular complexity index is 903. The molecule has 29 heavy (non-hydrogen) atoms. The van der Waals surface area contributed by atoms with Gasteiger partial charge in [0.05, 0.1) is 12.1 Å². The van der Waals surface area contributed by atoms with Crippen molar-refractivity contribution in [2.75, 3.05) is 31.6 Å². The summed E-state index contributed by atoms with van der Waals surface area (Å²) in [4.78, 5) is 26.8. The number of likely N-dealkylation sites (tertiary alicyclic amines) is 1. The van der Waals surface area contributed by atoms with Crippen LogP contribution in [0.2, 0.25) is 5.02 Å². The van der Waals surface area contributed by atoms with E-state index in [1.165, 1.54) is 5.56 Å². The maximum atomic E-state index is 12.4. The lowest BCUT2D eigenvalue weighted by Gasteiger charge is -2.17. The third kappa shape index (κ3) is 4.99. The number of carbonyl (C=O) groups is 2. The molecule has 3 N–H and O–H groups in total. The van der Waals surface area contributed by atoms with Gasteiger partial charge in [-0.15, -0.1) is 0 Å². The summed E-state index contributed by atoms with van der Waals surface area (Å²) < 4.78 is 5.53. The van der Waals surface area contributed by atoms with Gasteiger partial charge in [0.25, 0.3) is 5.91 Å². The molecule has 0 spiro atoms. The molecule has 1 fully saturated rings. The van der Waals surface area contributed by atoms with Crippen molar-refractivity contribution in [1.82, 2.24) is 15.5 Å². The van der Waals surface area contributed by atoms with Gasteiger partial charge in [-0.2, -0.15) is 0 Å². The first kappa shape index (κ1) is 19.5. The van der Waals surface area contributed by atoms with Crippen molar-refractivity contribution in [3.05, 3.63) is 58.6 Å². The molecule has 1 unspecified atom stereocenters. The summed E-state index contributed by atoms with van der Waals surface area (Å²) in [6.45, 7) is 3.43. The van der Waals surface area contributed by atoms with Gasteiger partial charge in [-0.3, -0.25) is 9.69 Å². The molecule has 2 aromatic rings. The van der Waals surface area contributed by atoms with E-state index in [1.807, 2.05) is 24.3 Å². The maximum Gasteiger partial charge on any atom is 0.319 e. The van der Waals surface area contributed by atoms with E-state index in [-0.39, 0.29) is 18.0 Å². The second kappa shape index (κ2) is 8.71. The highest BCUT2D eigenvalue weighted by molar-refractivity contribution is 6.30. The van der Waals surface area contributed by atoms with E-state index < -0.39 is 0 Å². The van der Waals surface area contributed by atoms with E-state index in [9.17, 15) is 9.59 Å². The molecule has 0 bridgehead atoms. The Balaban J connectivity index is 1.30. The number of anilines is 1. The van der Waals surface area contributed by atoms with Crippen LogP contribution in [0.5, 0.6) is 5.75 Å². The largest absolute Gasteiger partial charge is 0.491 e. The molecule has 1 atom stereocenters. The summed E-state index contributed by atoms with van der Waals surface area (Å²) in [5.41, 5.74) is 2.18. The third-order valence-electron chi connectivity index (χ3n) is 5.05. The molecule has 2 aliphatic rings. The molecule has 3 amide bonds. The fraction of sp³-hybridized carbons (Fsp3) is 0.333. The number of amides is 3. The normalized spacial score (nSPS) is 18.9. The predicted octanol–water partition coefficient (Wildman–Crippen LogP) is 2.86. The number of carbonyl (C=O) groups excluding carboxylic acids is 2.